The minimum atomic E-state index is -0.255. The summed E-state index contributed by atoms with van der Waals surface area (Å²) in [5.41, 5.74) is 4.50. The Morgan fingerprint density at radius 1 is 1.07 bits per heavy atom. The van der Waals surface area contributed by atoms with Gasteiger partial charge in [-0.3, -0.25) is 9.25 Å². The second-order valence-corrected chi connectivity index (χ2v) is 7.17. The topological polar surface area (TPSA) is 61.0 Å². The first kappa shape index (κ1) is 17.8. The molecule has 1 aliphatic heterocycles. The van der Waals surface area contributed by atoms with Crippen molar-refractivity contribution in [2.75, 3.05) is 31.2 Å². The number of aryl methyl sites for hydroxylation is 2. The van der Waals surface area contributed by atoms with E-state index < -0.39 is 0 Å². The van der Waals surface area contributed by atoms with Crippen molar-refractivity contribution in [1.82, 2.24) is 24.3 Å². The lowest BCUT2D eigenvalue weighted by atomic mass is 10.2. The van der Waals surface area contributed by atoms with Crippen molar-refractivity contribution in [3.8, 4) is 16.9 Å². The van der Waals surface area contributed by atoms with Crippen LogP contribution in [0.3, 0.4) is 0 Å². The minimum absolute atomic E-state index is 0.255. The molecule has 1 fully saturated rings. The van der Waals surface area contributed by atoms with Crippen LogP contribution < -0.4 is 4.90 Å². The van der Waals surface area contributed by atoms with Crippen LogP contribution in [0.5, 0.6) is 0 Å². The molecule has 0 amide bonds. The zero-order valence-corrected chi connectivity index (χ0v) is 16.3. The van der Waals surface area contributed by atoms with Gasteiger partial charge in [0.2, 0.25) is 0 Å². The summed E-state index contributed by atoms with van der Waals surface area (Å²) in [5, 5.41) is 4.22. The van der Waals surface area contributed by atoms with Crippen LogP contribution in [-0.4, -0.2) is 50.6 Å². The molecule has 0 aliphatic carbocycles. The number of rotatable bonds is 3. The average Bonchev–Trinajstić information content (AvgIpc) is 3.30. The lowest BCUT2D eigenvalue weighted by Gasteiger charge is -2.29. The number of hydrogen-bond acceptors (Lipinski definition) is 5. The van der Waals surface area contributed by atoms with Crippen LogP contribution in [0.2, 0.25) is 0 Å². The van der Waals surface area contributed by atoms with Crippen molar-refractivity contribution in [3.63, 3.8) is 0 Å². The van der Waals surface area contributed by atoms with Gasteiger partial charge in [0, 0.05) is 38.0 Å². The smallest absolute Gasteiger partial charge is 0.165 e. The Hall–Kier alpha value is -3.26. The normalized spacial score (nSPS) is 14.7. The number of morpholine rings is 1. The molecule has 4 heterocycles. The molecule has 0 bridgehead atoms. The van der Waals surface area contributed by atoms with Crippen molar-refractivity contribution in [1.29, 1.82) is 0 Å². The van der Waals surface area contributed by atoms with E-state index in [-0.39, 0.29) is 5.82 Å². The quantitative estimate of drug-likeness (QED) is 0.536. The number of nitrogens with zero attached hydrogens (tertiary/aromatic N) is 6. The fraction of sp³-hybridized carbons (Fsp3) is 0.286. The van der Waals surface area contributed by atoms with Gasteiger partial charge in [0.1, 0.15) is 17.2 Å². The van der Waals surface area contributed by atoms with E-state index in [1.807, 2.05) is 53.9 Å². The maximum absolute atomic E-state index is 15.0. The van der Waals surface area contributed by atoms with Crippen molar-refractivity contribution >= 4 is 16.9 Å². The van der Waals surface area contributed by atoms with Crippen molar-refractivity contribution in [2.24, 2.45) is 7.05 Å². The van der Waals surface area contributed by atoms with Gasteiger partial charge in [-0.2, -0.15) is 5.10 Å². The molecule has 4 aromatic rings. The van der Waals surface area contributed by atoms with Crippen LogP contribution in [0, 0.1) is 12.7 Å². The summed E-state index contributed by atoms with van der Waals surface area (Å²) in [4.78, 5) is 11.4. The number of aromatic nitrogens is 5. The Morgan fingerprint density at radius 2 is 1.90 bits per heavy atom. The van der Waals surface area contributed by atoms with Crippen LogP contribution in [0.25, 0.3) is 28.1 Å². The summed E-state index contributed by atoms with van der Waals surface area (Å²) >= 11 is 0. The molecule has 0 radical (unpaired) electrons. The first-order chi connectivity index (χ1) is 14.1. The lowest BCUT2D eigenvalue weighted by molar-refractivity contribution is 0.122. The highest BCUT2D eigenvalue weighted by Gasteiger charge is 2.18. The molecule has 1 aromatic carbocycles. The van der Waals surface area contributed by atoms with Gasteiger partial charge in [-0.05, 0) is 31.2 Å². The molecule has 0 spiro atoms. The molecule has 148 valence electrons. The van der Waals surface area contributed by atoms with Gasteiger partial charge in [-0.1, -0.05) is 0 Å². The molecule has 29 heavy (non-hydrogen) atoms. The van der Waals surface area contributed by atoms with E-state index in [1.54, 1.807) is 16.9 Å². The van der Waals surface area contributed by atoms with Crippen LogP contribution >= 0.6 is 0 Å². The van der Waals surface area contributed by atoms with Crippen molar-refractivity contribution in [2.45, 2.75) is 6.92 Å². The maximum atomic E-state index is 15.0. The third-order valence-electron chi connectivity index (χ3n) is 5.21. The zero-order chi connectivity index (χ0) is 20.0. The minimum Gasteiger partial charge on any atom is -0.378 e. The molecule has 1 saturated heterocycles. The Kier molecular flexibility index (Phi) is 4.28. The van der Waals surface area contributed by atoms with Gasteiger partial charge >= 0.3 is 0 Å². The van der Waals surface area contributed by atoms with E-state index in [2.05, 4.69) is 10.1 Å². The van der Waals surface area contributed by atoms with E-state index in [9.17, 15) is 4.39 Å². The van der Waals surface area contributed by atoms with Crippen molar-refractivity contribution in [3.05, 3.63) is 54.4 Å². The monoisotopic (exact) mass is 392 g/mol. The van der Waals surface area contributed by atoms with Gasteiger partial charge in [0.15, 0.2) is 5.65 Å². The average molecular weight is 392 g/mol. The standard InChI is InChI=1S/C21H21FN6O/c1-14-24-19-5-4-18(15-12-23-26(2)13-15)25-21(19)28(14)16-3-6-20(17(22)11-16)27-7-9-29-10-8-27/h3-6,11-13H,7-10H2,1-2H3. The molecular formula is C21H21FN6O. The molecule has 3 aromatic heterocycles. The van der Waals surface area contributed by atoms with E-state index in [4.69, 9.17) is 9.72 Å². The first-order valence-electron chi connectivity index (χ1n) is 9.58. The number of ether oxygens (including phenoxy) is 1. The highest BCUT2D eigenvalue weighted by molar-refractivity contribution is 5.78. The van der Waals surface area contributed by atoms with E-state index in [1.165, 1.54) is 0 Å². The van der Waals surface area contributed by atoms with E-state index in [0.29, 0.717) is 43.3 Å². The van der Waals surface area contributed by atoms with Crippen LogP contribution in [0.15, 0.2) is 42.7 Å². The Morgan fingerprint density at radius 3 is 2.62 bits per heavy atom. The predicted molar refractivity (Wildman–Crippen MR) is 109 cm³/mol. The van der Waals surface area contributed by atoms with Crippen LogP contribution in [0.1, 0.15) is 5.82 Å². The fourth-order valence-corrected chi connectivity index (χ4v) is 3.79. The number of imidazole rings is 1. The number of hydrogen-bond donors (Lipinski definition) is 0. The summed E-state index contributed by atoms with van der Waals surface area (Å²) in [6.45, 7) is 4.53. The van der Waals surface area contributed by atoms with Gasteiger partial charge in [-0.15, -0.1) is 0 Å². The largest absolute Gasteiger partial charge is 0.378 e. The van der Waals surface area contributed by atoms with E-state index in [0.717, 1.165) is 22.6 Å². The molecule has 7 nitrogen and oxygen atoms in total. The second-order valence-electron chi connectivity index (χ2n) is 7.17. The van der Waals surface area contributed by atoms with E-state index >= 15 is 0 Å². The highest BCUT2D eigenvalue weighted by Crippen LogP contribution is 2.27. The zero-order valence-electron chi connectivity index (χ0n) is 16.3. The molecule has 0 unspecified atom stereocenters. The van der Waals surface area contributed by atoms with Crippen molar-refractivity contribution < 1.29 is 9.13 Å². The molecule has 1 aliphatic rings. The van der Waals surface area contributed by atoms with Crippen LogP contribution in [0.4, 0.5) is 10.1 Å². The summed E-state index contributed by atoms with van der Waals surface area (Å²) in [7, 11) is 1.87. The molecule has 0 atom stereocenters. The number of anilines is 1. The number of fused-ring (bicyclic) bond motifs is 1. The molecule has 0 N–H and O–H groups in total. The second kappa shape index (κ2) is 6.97. The summed E-state index contributed by atoms with van der Waals surface area (Å²) in [6, 6.07) is 9.16. The van der Waals surface area contributed by atoms with Crippen LogP contribution in [-0.2, 0) is 11.8 Å². The Balaban J connectivity index is 1.58. The highest BCUT2D eigenvalue weighted by atomic mass is 19.1. The first-order valence-corrected chi connectivity index (χ1v) is 9.58. The third-order valence-corrected chi connectivity index (χ3v) is 5.21. The predicted octanol–water partition coefficient (Wildman–Crippen LogP) is 3.11. The van der Waals surface area contributed by atoms with Gasteiger partial charge < -0.3 is 9.64 Å². The maximum Gasteiger partial charge on any atom is 0.165 e. The SMILES string of the molecule is Cc1nc2ccc(-c3cnn(C)c3)nc2n1-c1ccc(N2CCOCC2)c(F)c1. The van der Waals surface area contributed by atoms with Gasteiger partial charge in [-0.25, -0.2) is 14.4 Å². The fourth-order valence-electron chi connectivity index (χ4n) is 3.79. The molecule has 8 heteroatoms. The van der Waals surface area contributed by atoms with Gasteiger partial charge in [0.25, 0.3) is 0 Å². The summed E-state index contributed by atoms with van der Waals surface area (Å²) < 4.78 is 24.0. The lowest BCUT2D eigenvalue weighted by Crippen LogP contribution is -2.36. The molecular weight excluding hydrogens is 371 g/mol. The summed E-state index contributed by atoms with van der Waals surface area (Å²) in [6.07, 6.45) is 3.69. The molecule has 0 saturated carbocycles. The number of halogens is 1. The Labute approximate surface area is 167 Å². The summed E-state index contributed by atoms with van der Waals surface area (Å²) in [5.74, 6) is 0.503. The number of pyridine rings is 1. The van der Waals surface area contributed by atoms with Gasteiger partial charge in [0.05, 0.1) is 36.5 Å². The number of benzene rings is 1. The Bertz CT molecular complexity index is 1190. The molecule has 5 rings (SSSR count). The third kappa shape index (κ3) is 3.15.